The molecular formula is C14H20BNO4. The second kappa shape index (κ2) is 4.86. The second-order valence-corrected chi connectivity index (χ2v) is 5.64. The average Bonchev–Trinajstić information content (AvgIpc) is 2.64. The maximum atomic E-state index is 12.2. The van der Waals surface area contributed by atoms with Gasteiger partial charge in [0.15, 0.2) is 0 Å². The van der Waals surface area contributed by atoms with Crippen molar-refractivity contribution < 1.29 is 27.1 Å². The molecule has 1 aliphatic heterocycles. The number of esters is 1. The molecular weight excluding hydrogens is 257 g/mol. The van der Waals surface area contributed by atoms with Crippen molar-refractivity contribution in [3.8, 4) is 0 Å². The summed E-state index contributed by atoms with van der Waals surface area (Å²) in [4.78, 5) is 16.0. The largest absolute Gasteiger partial charge is 0.496 e. The molecule has 0 amide bonds. The highest BCUT2D eigenvalue weighted by Gasteiger charge is 2.51. The number of aryl methyl sites for hydroxylation is 1. The van der Waals surface area contributed by atoms with Gasteiger partial charge in [0, 0.05) is 15.8 Å². The van der Waals surface area contributed by atoms with Crippen LogP contribution in [-0.4, -0.2) is 36.3 Å². The number of methoxy groups -OCH3 is 1. The fourth-order valence-corrected chi connectivity index (χ4v) is 1.80. The molecule has 6 heteroatoms. The lowest BCUT2D eigenvalue weighted by Crippen LogP contribution is -2.41. The van der Waals surface area contributed by atoms with Crippen molar-refractivity contribution in [2.24, 2.45) is 0 Å². The molecule has 5 nitrogen and oxygen atoms in total. The zero-order chi connectivity index (χ0) is 20.1. The molecule has 1 aliphatic rings. The van der Waals surface area contributed by atoms with Crippen molar-refractivity contribution in [2.45, 2.75) is 45.7 Å². The molecule has 0 N–H and O–H groups in total. The van der Waals surface area contributed by atoms with E-state index in [0.29, 0.717) is 0 Å². The van der Waals surface area contributed by atoms with Crippen LogP contribution in [0, 0.1) is 6.85 Å². The van der Waals surface area contributed by atoms with E-state index in [2.05, 4.69) is 9.72 Å². The molecule has 0 atom stereocenters. The Morgan fingerprint density at radius 3 is 2.55 bits per heavy atom. The van der Waals surface area contributed by atoms with E-state index >= 15 is 0 Å². The normalized spacial score (nSPS) is 25.7. The maximum absolute atomic E-state index is 12.2. The average molecular weight is 283 g/mol. The van der Waals surface area contributed by atoms with E-state index in [9.17, 15) is 4.79 Å². The Morgan fingerprint density at radius 2 is 2.00 bits per heavy atom. The predicted molar refractivity (Wildman–Crippen MR) is 76.0 cm³/mol. The van der Waals surface area contributed by atoms with Gasteiger partial charge in [0.2, 0.25) is 0 Å². The molecule has 0 spiro atoms. The number of carbonyl (C=O) groups excluding carboxylic acids is 1. The van der Waals surface area contributed by atoms with Gasteiger partial charge in [-0.25, -0.2) is 4.79 Å². The van der Waals surface area contributed by atoms with Crippen molar-refractivity contribution in [1.82, 2.24) is 4.98 Å². The van der Waals surface area contributed by atoms with Crippen LogP contribution in [0.5, 0.6) is 0 Å². The van der Waals surface area contributed by atoms with Gasteiger partial charge in [-0.15, -0.1) is 0 Å². The first-order valence-electron chi connectivity index (χ1n) is 9.13. The Hall–Kier alpha value is -1.40. The van der Waals surface area contributed by atoms with E-state index in [1.807, 2.05) is 27.7 Å². The monoisotopic (exact) mass is 283 g/mol. The molecule has 1 aromatic rings. The third-order valence-corrected chi connectivity index (χ3v) is 3.75. The van der Waals surface area contributed by atoms with Crippen LogP contribution in [0.2, 0.25) is 0 Å². The van der Waals surface area contributed by atoms with E-state index in [-0.39, 0.29) is 5.46 Å². The first kappa shape index (κ1) is 8.80. The third kappa shape index (κ3) is 2.45. The fourth-order valence-electron chi connectivity index (χ4n) is 1.80. The lowest BCUT2D eigenvalue weighted by Gasteiger charge is -2.32. The van der Waals surface area contributed by atoms with Crippen LogP contribution < -0.4 is 5.46 Å². The van der Waals surface area contributed by atoms with Crippen LogP contribution >= 0.6 is 0 Å². The minimum atomic E-state index is -3.01. The van der Waals surface area contributed by atoms with Gasteiger partial charge in [0.1, 0.15) is 0 Å². The van der Waals surface area contributed by atoms with E-state index in [0.717, 1.165) is 0 Å². The summed E-state index contributed by atoms with van der Waals surface area (Å²) < 4.78 is 59.7. The second-order valence-electron chi connectivity index (χ2n) is 5.64. The summed E-state index contributed by atoms with van der Waals surface area (Å²) in [7, 11) is -3.90. The van der Waals surface area contributed by atoms with Gasteiger partial charge >= 0.3 is 13.1 Å². The predicted octanol–water partition coefficient (Wildman–Crippen LogP) is 1.48. The smallest absolute Gasteiger partial charge is 0.465 e. The minimum Gasteiger partial charge on any atom is -0.465 e. The van der Waals surface area contributed by atoms with Gasteiger partial charge in [-0.3, -0.25) is 4.98 Å². The Kier molecular flexibility index (Phi) is 2.14. The summed E-state index contributed by atoms with van der Waals surface area (Å²) in [5.41, 5.74) is -2.03. The van der Waals surface area contributed by atoms with Crippen LogP contribution in [0.15, 0.2) is 12.3 Å². The van der Waals surface area contributed by atoms with Crippen molar-refractivity contribution >= 4 is 18.6 Å². The van der Waals surface area contributed by atoms with Crippen molar-refractivity contribution in [1.29, 1.82) is 0 Å². The summed E-state index contributed by atoms with van der Waals surface area (Å²) in [5, 5.41) is 0. The Balaban J connectivity index is 2.46. The Morgan fingerprint density at radius 1 is 1.35 bits per heavy atom. The van der Waals surface area contributed by atoms with Crippen LogP contribution in [0.1, 0.15) is 52.0 Å². The highest BCUT2D eigenvalue weighted by molar-refractivity contribution is 6.62. The summed E-state index contributed by atoms with van der Waals surface area (Å²) in [6.45, 7) is 4.61. The number of rotatable bonds is 2. The molecule has 0 bridgehead atoms. The zero-order valence-electron chi connectivity index (χ0n) is 17.8. The number of carbonyl (C=O) groups is 1. The van der Waals surface area contributed by atoms with Crippen LogP contribution in [0.25, 0.3) is 0 Å². The van der Waals surface area contributed by atoms with Gasteiger partial charge in [-0.2, -0.15) is 0 Å². The molecule has 1 aromatic heterocycles. The third-order valence-electron chi connectivity index (χ3n) is 3.75. The van der Waals surface area contributed by atoms with Crippen molar-refractivity contribution in [3.63, 3.8) is 0 Å². The molecule has 0 radical (unpaired) electrons. The maximum Gasteiger partial charge on any atom is 0.496 e. The van der Waals surface area contributed by atoms with E-state index in [1.54, 1.807) is 0 Å². The van der Waals surface area contributed by atoms with Crippen LogP contribution in [-0.2, 0) is 14.0 Å². The van der Waals surface area contributed by atoms with Gasteiger partial charge in [-0.1, -0.05) is 0 Å². The lowest BCUT2D eigenvalue weighted by atomic mass is 9.79. The molecule has 2 rings (SSSR count). The highest BCUT2D eigenvalue weighted by atomic mass is 16.7. The molecule has 1 saturated heterocycles. The molecule has 0 aromatic carbocycles. The van der Waals surface area contributed by atoms with E-state index < -0.39 is 49.4 Å². The number of nitrogens with zero attached hydrogens (tertiary/aromatic N) is 1. The van der Waals surface area contributed by atoms with Crippen molar-refractivity contribution in [2.75, 3.05) is 7.04 Å². The molecule has 1 fully saturated rings. The summed E-state index contributed by atoms with van der Waals surface area (Å²) in [5.74, 6) is -1.30. The van der Waals surface area contributed by atoms with Gasteiger partial charge in [0.25, 0.3) is 0 Å². The standard InChI is InChI=1S/C14H20BNO4/c1-9-11(12(17)18-6)7-10(8-16-9)15-19-13(2,3)14(4,5)20-15/h7-8H,1-6H3/i1D3,6D3. The number of aromatic nitrogens is 1. The minimum absolute atomic E-state index is 0.286. The van der Waals surface area contributed by atoms with Gasteiger partial charge < -0.3 is 14.0 Å². The Bertz CT molecular complexity index is 700. The van der Waals surface area contributed by atoms with Crippen molar-refractivity contribution in [3.05, 3.63) is 23.5 Å². The number of hydrogen-bond donors (Lipinski definition) is 0. The number of ether oxygens (including phenoxy) is 1. The van der Waals surface area contributed by atoms with E-state index in [4.69, 9.17) is 17.5 Å². The van der Waals surface area contributed by atoms with E-state index in [1.165, 1.54) is 12.3 Å². The SMILES string of the molecule is [2H]C([2H])([2H])OC(=O)c1cc(B2OC(C)(C)C(C)(C)O2)cnc1C([2H])([2H])[2H]. The molecule has 20 heavy (non-hydrogen) atoms. The summed E-state index contributed by atoms with van der Waals surface area (Å²) in [6, 6.07) is 1.19. The number of hydrogen-bond acceptors (Lipinski definition) is 5. The first-order valence-corrected chi connectivity index (χ1v) is 6.13. The van der Waals surface area contributed by atoms with Crippen LogP contribution in [0.4, 0.5) is 0 Å². The zero-order valence-corrected chi connectivity index (χ0v) is 11.8. The van der Waals surface area contributed by atoms with Gasteiger partial charge in [0.05, 0.1) is 33.6 Å². The van der Waals surface area contributed by atoms with Gasteiger partial charge in [-0.05, 0) is 40.6 Å². The molecule has 0 saturated carbocycles. The quantitative estimate of drug-likeness (QED) is 0.607. The topological polar surface area (TPSA) is 57.7 Å². The molecule has 0 unspecified atom stereocenters. The first-order chi connectivity index (χ1) is 11.5. The highest BCUT2D eigenvalue weighted by Crippen LogP contribution is 2.36. The summed E-state index contributed by atoms with van der Waals surface area (Å²) >= 11 is 0. The fraction of sp³-hybridized carbons (Fsp3) is 0.571. The molecule has 2 heterocycles. The lowest BCUT2D eigenvalue weighted by molar-refractivity contribution is 0.00578. The molecule has 0 aliphatic carbocycles. The molecule has 108 valence electrons. The Labute approximate surface area is 128 Å². The van der Waals surface area contributed by atoms with Crippen LogP contribution in [0.3, 0.4) is 0 Å². The summed E-state index contributed by atoms with van der Waals surface area (Å²) in [6.07, 6.45) is 1.23. The number of pyridine rings is 1.